The first-order valence-electron chi connectivity index (χ1n) is 10.6. The standard InChI is InChI=1S/C25H31NO3/c1-3-4-5-6-7-8-9-18-28-24-16-14-22(15-17-24)21-10-12-23(13-11-21)25(27)29-20(2)19-26/h10-17,20H,3-9,18H2,1-2H3. The molecule has 0 bridgehead atoms. The van der Waals surface area contributed by atoms with Crippen molar-refractivity contribution in [3.8, 4) is 22.9 Å². The van der Waals surface area contributed by atoms with Gasteiger partial charge in [-0.2, -0.15) is 5.26 Å². The summed E-state index contributed by atoms with van der Waals surface area (Å²) in [5.41, 5.74) is 2.50. The number of nitriles is 1. The summed E-state index contributed by atoms with van der Waals surface area (Å²) in [4.78, 5) is 11.9. The Labute approximate surface area is 174 Å². The Morgan fingerprint density at radius 2 is 1.45 bits per heavy atom. The van der Waals surface area contributed by atoms with Crippen LogP contribution in [0.3, 0.4) is 0 Å². The average molecular weight is 394 g/mol. The van der Waals surface area contributed by atoms with E-state index >= 15 is 0 Å². The van der Waals surface area contributed by atoms with Gasteiger partial charge in [0.1, 0.15) is 11.8 Å². The summed E-state index contributed by atoms with van der Waals surface area (Å²) < 4.78 is 10.8. The number of carbonyl (C=O) groups excluding carboxylic acids is 1. The van der Waals surface area contributed by atoms with Gasteiger partial charge in [0.05, 0.1) is 12.2 Å². The van der Waals surface area contributed by atoms with Crippen molar-refractivity contribution in [1.82, 2.24) is 0 Å². The summed E-state index contributed by atoms with van der Waals surface area (Å²) >= 11 is 0. The highest BCUT2D eigenvalue weighted by molar-refractivity contribution is 5.90. The van der Waals surface area contributed by atoms with Crippen LogP contribution in [-0.4, -0.2) is 18.7 Å². The maximum atomic E-state index is 11.9. The van der Waals surface area contributed by atoms with E-state index < -0.39 is 12.1 Å². The molecule has 0 aliphatic rings. The number of nitrogens with zero attached hydrogens (tertiary/aromatic N) is 1. The van der Waals surface area contributed by atoms with Crippen LogP contribution in [0.15, 0.2) is 48.5 Å². The first-order valence-corrected chi connectivity index (χ1v) is 10.6. The third-order valence-electron chi connectivity index (χ3n) is 4.79. The summed E-state index contributed by atoms with van der Waals surface area (Å²) in [5, 5.41) is 8.73. The van der Waals surface area contributed by atoms with E-state index in [2.05, 4.69) is 6.92 Å². The lowest BCUT2D eigenvalue weighted by atomic mass is 10.0. The summed E-state index contributed by atoms with van der Waals surface area (Å²) in [6.07, 6.45) is 8.17. The second kappa shape index (κ2) is 12.6. The molecule has 0 spiro atoms. The fourth-order valence-corrected chi connectivity index (χ4v) is 3.05. The zero-order valence-electron chi connectivity index (χ0n) is 17.5. The highest BCUT2D eigenvalue weighted by Gasteiger charge is 2.11. The van der Waals surface area contributed by atoms with Gasteiger partial charge in [-0.05, 0) is 48.7 Å². The van der Waals surface area contributed by atoms with Crippen LogP contribution in [0.4, 0.5) is 0 Å². The average Bonchev–Trinajstić information content (AvgIpc) is 2.76. The van der Waals surface area contributed by atoms with Crippen molar-refractivity contribution < 1.29 is 14.3 Å². The third kappa shape index (κ3) is 7.99. The molecule has 154 valence electrons. The molecule has 0 fully saturated rings. The zero-order valence-corrected chi connectivity index (χ0v) is 17.5. The number of hydrogen-bond donors (Lipinski definition) is 0. The quantitative estimate of drug-likeness (QED) is 0.303. The van der Waals surface area contributed by atoms with Crippen molar-refractivity contribution in [2.24, 2.45) is 0 Å². The van der Waals surface area contributed by atoms with Crippen LogP contribution in [0, 0.1) is 11.3 Å². The van der Waals surface area contributed by atoms with Gasteiger partial charge in [-0.1, -0.05) is 69.7 Å². The van der Waals surface area contributed by atoms with E-state index in [9.17, 15) is 4.79 Å². The third-order valence-corrected chi connectivity index (χ3v) is 4.79. The summed E-state index contributed by atoms with van der Waals surface area (Å²) in [7, 11) is 0. The Bertz CT molecular complexity index is 775. The Hall–Kier alpha value is -2.80. The van der Waals surface area contributed by atoms with Gasteiger partial charge in [0.2, 0.25) is 0 Å². The molecule has 29 heavy (non-hydrogen) atoms. The molecule has 0 radical (unpaired) electrons. The van der Waals surface area contributed by atoms with Crippen LogP contribution in [0.5, 0.6) is 5.75 Å². The van der Waals surface area contributed by atoms with Crippen molar-refractivity contribution in [2.75, 3.05) is 6.61 Å². The highest BCUT2D eigenvalue weighted by Crippen LogP contribution is 2.23. The molecule has 0 saturated carbocycles. The lowest BCUT2D eigenvalue weighted by Crippen LogP contribution is -2.12. The molecule has 1 unspecified atom stereocenters. The molecule has 0 heterocycles. The largest absolute Gasteiger partial charge is 0.494 e. The van der Waals surface area contributed by atoms with E-state index in [-0.39, 0.29) is 0 Å². The molecular weight excluding hydrogens is 362 g/mol. The van der Waals surface area contributed by atoms with Crippen molar-refractivity contribution in [3.63, 3.8) is 0 Å². The van der Waals surface area contributed by atoms with Crippen molar-refractivity contribution >= 4 is 5.97 Å². The SMILES string of the molecule is CCCCCCCCCOc1ccc(-c2ccc(C(=O)OC(C)C#N)cc2)cc1. The monoisotopic (exact) mass is 393 g/mol. The predicted octanol–water partition coefficient (Wildman–Crippen LogP) is 6.55. The van der Waals surface area contributed by atoms with Gasteiger partial charge in [-0.15, -0.1) is 0 Å². The number of ether oxygens (including phenoxy) is 2. The Morgan fingerprint density at radius 3 is 2.03 bits per heavy atom. The van der Waals surface area contributed by atoms with E-state index in [4.69, 9.17) is 14.7 Å². The number of esters is 1. The minimum Gasteiger partial charge on any atom is -0.494 e. The van der Waals surface area contributed by atoms with Crippen LogP contribution in [-0.2, 0) is 4.74 Å². The molecular formula is C25H31NO3. The van der Waals surface area contributed by atoms with E-state index in [0.717, 1.165) is 29.9 Å². The lowest BCUT2D eigenvalue weighted by molar-refractivity contribution is 0.0435. The normalized spacial score (nSPS) is 11.5. The summed E-state index contributed by atoms with van der Waals surface area (Å²) in [6, 6.07) is 17.1. The van der Waals surface area contributed by atoms with Crippen molar-refractivity contribution in [1.29, 1.82) is 5.26 Å². The van der Waals surface area contributed by atoms with Gasteiger partial charge < -0.3 is 9.47 Å². The molecule has 4 heteroatoms. The Kier molecular flexibility index (Phi) is 9.78. The minimum atomic E-state index is -0.754. The first-order chi connectivity index (χ1) is 14.1. The number of carbonyl (C=O) groups is 1. The second-order valence-corrected chi connectivity index (χ2v) is 7.25. The van der Waals surface area contributed by atoms with Gasteiger partial charge >= 0.3 is 5.97 Å². The molecule has 2 aromatic rings. The molecule has 0 amide bonds. The first kappa shape index (κ1) is 22.5. The van der Waals surface area contributed by atoms with E-state index in [0.29, 0.717) is 5.56 Å². The van der Waals surface area contributed by atoms with Gasteiger partial charge in [0, 0.05) is 0 Å². The topological polar surface area (TPSA) is 59.3 Å². The molecule has 0 N–H and O–H groups in total. The number of hydrogen-bond acceptors (Lipinski definition) is 4. The fourth-order valence-electron chi connectivity index (χ4n) is 3.05. The smallest absolute Gasteiger partial charge is 0.339 e. The summed E-state index contributed by atoms with van der Waals surface area (Å²) in [6.45, 7) is 4.54. The van der Waals surface area contributed by atoms with E-state index in [1.807, 2.05) is 42.5 Å². The molecule has 0 aromatic heterocycles. The summed E-state index contributed by atoms with van der Waals surface area (Å²) in [5.74, 6) is 0.394. The Balaban J connectivity index is 1.78. The van der Waals surface area contributed by atoms with Gasteiger partial charge in [0.25, 0.3) is 0 Å². The molecule has 0 aliphatic carbocycles. The second-order valence-electron chi connectivity index (χ2n) is 7.25. The van der Waals surface area contributed by atoms with Gasteiger partial charge in [-0.25, -0.2) is 4.79 Å². The van der Waals surface area contributed by atoms with E-state index in [1.54, 1.807) is 19.1 Å². The van der Waals surface area contributed by atoms with Crippen LogP contribution < -0.4 is 4.74 Å². The highest BCUT2D eigenvalue weighted by atomic mass is 16.5. The Morgan fingerprint density at radius 1 is 0.897 bits per heavy atom. The van der Waals surface area contributed by atoms with Crippen LogP contribution in [0.25, 0.3) is 11.1 Å². The maximum absolute atomic E-state index is 11.9. The number of benzene rings is 2. The van der Waals surface area contributed by atoms with Crippen LogP contribution in [0.1, 0.15) is 69.2 Å². The molecule has 2 rings (SSSR count). The lowest BCUT2D eigenvalue weighted by Gasteiger charge is -2.09. The number of unbranched alkanes of at least 4 members (excludes halogenated alkanes) is 6. The maximum Gasteiger partial charge on any atom is 0.339 e. The fraction of sp³-hybridized carbons (Fsp3) is 0.440. The predicted molar refractivity (Wildman–Crippen MR) is 116 cm³/mol. The van der Waals surface area contributed by atoms with Crippen LogP contribution >= 0.6 is 0 Å². The molecule has 2 aromatic carbocycles. The molecule has 0 saturated heterocycles. The van der Waals surface area contributed by atoms with Crippen molar-refractivity contribution in [3.05, 3.63) is 54.1 Å². The molecule has 0 aliphatic heterocycles. The number of rotatable bonds is 12. The van der Waals surface area contributed by atoms with E-state index in [1.165, 1.54) is 38.5 Å². The minimum absolute atomic E-state index is 0.436. The zero-order chi connectivity index (χ0) is 20.9. The van der Waals surface area contributed by atoms with Gasteiger partial charge in [0.15, 0.2) is 6.10 Å². The van der Waals surface area contributed by atoms with Crippen LogP contribution in [0.2, 0.25) is 0 Å². The molecule has 1 atom stereocenters. The van der Waals surface area contributed by atoms with Gasteiger partial charge in [-0.3, -0.25) is 0 Å². The molecule has 4 nitrogen and oxygen atoms in total. The van der Waals surface area contributed by atoms with Crippen molar-refractivity contribution in [2.45, 2.75) is 64.9 Å².